The van der Waals surface area contributed by atoms with Crippen molar-refractivity contribution in [3.05, 3.63) is 15.9 Å². The second kappa shape index (κ2) is 6.67. The number of aromatic nitrogens is 2. The molecule has 1 atom stereocenters. The molecule has 3 nitrogen and oxygen atoms in total. The van der Waals surface area contributed by atoms with Crippen LogP contribution in [0.15, 0.2) is 4.47 Å². The van der Waals surface area contributed by atoms with E-state index in [1.54, 1.807) is 0 Å². The minimum atomic E-state index is 0.257. The second-order valence-electron chi connectivity index (χ2n) is 3.87. The molecule has 0 aliphatic heterocycles. The summed E-state index contributed by atoms with van der Waals surface area (Å²) in [6.45, 7) is 7.22. The summed E-state index contributed by atoms with van der Waals surface area (Å²) in [5, 5.41) is 4.57. The SMILES string of the molecule is CCc1nn(CC)c(CSCC(C)N)c1Br. The van der Waals surface area contributed by atoms with E-state index in [9.17, 15) is 0 Å². The first-order valence-electron chi connectivity index (χ1n) is 5.67. The molecule has 0 saturated heterocycles. The van der Waals surface area contributed by atoms with Gasteiger partial charge in [0.1, 0.15) is 0 Å². The monoisotopic (exact) mass is 305 g/mol. The minimum absolute atomic E-state index is 0.257. The van der Waals surface area contributed by atoms with Crippen molar-refractivity contribution in [2.75, 3.05) is 5.75 Å². The molecule has 1 heterocycles. The summed E-state index contributed by atoms with van der Waals surface area (Å²) < 4.78 is 3.26. The molecule has 0 aliphatic rings. The normalized spacial score (nSPS) is 13.1. The predicted molar refractivity (Wildman–Crippen MR) is 74.8 cm³/mol. The molecule has 0 bridgehead atoms. The topological polar surface area (TPSA) is 43.8 Å². The summed E-state index contributed by atoms with van der Waals surface area (Å²) in [5.74, 6) is 1.96. The minimum Gasteiger partial charge on any atom is -0.327 e. The first kappa shape index (κ1) is 14.1. The fourth-order valence-corrected chi connectivity index (χ4v) is 3.36. The Morgan fingerprint density at radius 1 is 1.50 bits per heavy atom. The summed E-state index contributed by atoms with van der Waals surface area (Å²) in [6, 6.07) is 0.257. The fourth-order valence-electron chi connectivity index (χ4n) is 1.50. The highest BCUT2D eigenvalue weighted by molar-refractivity contribution is 9.10. The van der Waals surface area contributed by atoms with Gasteiger partial charge in [0.15, 0.2) is 0 Å². The van der Waals surface area contributed by atoms with Crippen molar-refractivity contribution in [3.8, 4) is 0 Å². The Morgan fingerprint density at radius 3 is 2.69 bits per heavy atom. The van der Waals surface area contributed by atoms with Crippen molar-refractivity contribution in [2.45, 2.75) is 45.5 Å². The van der Waals surface area contributed by atoms with Gasteiger partial charge in [-0.1, -0.05) is 6.92 Å². The van der Waals surface area contributed by atoms with Gasteiger partial charge in [-0.15, -0.1) is 0 Å². The van der Waals surface area contributed by atoms with Crippen molar-refractivity contribution in [3.63, 3.8) is 0 Å². The molecule has 5 heteroatoms. The van der Waals surface area contributed by atoms with E-state index >= 15 is 0 Å². The molecule has 0 aromatic carbocycles. The smallest absolute Gasteiger partial charge is 0.0767 e. The second-order valence-corrected chi connectivity index (χ2v) is 5.69. The van der Waals surface area contributed by atoms with E-state index in [0.29, 0.717) is 0 Å². The number of hydrogen-bond donors (Lipinski definition) is 1. The summed E-state index contributed by atoms with van der Waals surface area (Å²) >= 11 is 5.51. The lowest BCUT2D eigenvalue weighted by Gasteiger charge is -2.07. The lowest BCUT2D eigenvalue weighted by Crippen LogP contribution is -2.17. The van der Waals surface area contributed by atoms with E-state index in [0.717, 1.165) is 30.2 Å². The van der Waals surface area contributed by atoms with Crippen molar-refractivity contribution < 1.29 is 0 Å². The van der Waals surface area contributed by atoms with Gasteiger partial charge in [0, 0.05) is 24.1 Å². The third-order valence-corrected chi connectivity index (χ3v) is 4.47. The predicted octanol–water partition coefficient (Wildman–Crippen LogP) is 2.81. The van der Waals surface area contributed by atoms with Crippen molar-refractivity contribution >= 4 is 27.7 Å². The van der Waals surface area contributed by atoms with Gasteiger partial charge in [0.2, 0.25) is 0 Å². The zero-order chi connectivity index (χ0) is 12.1. The van der Waals surface area contributed by atoms with Gasteiger partial charge < -0.3 is 5.73 Å². The van der Waals surface area contributed by atoms with Crippen LogP contribution in [0.2, 0.25) is 0 Å². The molecule has 0 aliphatic carbocycles. The molecule has 0 saturated carbocycles. The van der Waals surface area contributed by atoms with Crippen LogP contribution in [-0.4, -0.2) is 21.6 Å². The number of aryl methyl sites for hydroxylation is 2. The Balaban J connectivity index is 2.73. The van der Waals surface area contributed by atoms with Crippen LogP contribution in [0, 0.1) is 0 Å². The molecule has 0 fully saturated rings. The molecule has 0 spiro atoms. The lowest BCUT2D eigenvalue weighted by molar-refractivity contribution is 0.627. The maximum Gasteiger partial charge on any atom is 0.0767 e. The van der Waals surface area contributed by atoms with E-state index in [1.165, 1.54) is 10.2 Å². The Labute approximate surface area is 110 Å². The highest BCUT2D eigenvalue weighted by Crippen LogP contribution is 2.26. The van der Waals surface area contributed by atoms with E-state index in [1.807, 2.05) is 18.7 Å². The van der Waals surface area contributed by atoms with Crippen molar-refractivity contribution in [1.82, 2.24) is 9.78 Å². The Morgan fingerprint density at radius 2 is 2.19 bits per heavy atom. The average Bonchev–Trinajstić information content (AvgIpc) is 2.55. The highest BCUT2D eigenvalue weighted by atomic mass is 79.9. The standard InChI is InChI=1S/C11H20BrN3S/c1-4-9-11(12)10(15(5-2)14-9)7-16-6-8(3)13/h8H,4-7,13H2,1-3H3. The molecule has 16 heavy (non-hydrogen) atoms. The molecule has 1 aromatic rings. The van der Waals surface area contributed by atoms with Crippen LogP contribution in [0.5, 0.6) is 0 Å². The maximum atomic E-state index is 5.74. The number of rotatable bonds is 6. The highest BCUT2D eigenvalue weighted by Gasteiger charge is 2.13. The first-order chi connectivity index (χ1) is 7.60. The van der Waals surface area contributed by atoms with Crippen LogP contribution in [0.3, 0.4) is 0 Å². The van der Waals surface area contributed by atoms with Crippen LogP contribution in [-0.2, 0) is 18.7 Å². The number of nitrogens with zero attached hydrogens (tertiary/aromatic N) is 2. The molecule has 1 aromatic heterocycles. The van der Waals surface area contributed by atoms with Crippen LogP contribution in [0.25, 0.3) is 0 Å². The molecule has 1 unspecified atom stereocenters. The largest absolute Gasteiger partial charge is 0.327 e. The van der Waals surface area contributed by atoms with Crippen molar-refractivity contribution in [1.29, 1.82) is 0 Å². The molecule has 92 valence electrons. The molecular formula is C11H20BrN3S. The van der Waals surface area contributed by atoms with Gasteiger partial charge in [-0.3, -0.25) is 4.68 Å². The third kappa shape index (κ3) is 3.50. The van der Waals surface area contributed by atoms with E-state index in [2.05, 4.69) is 39.6 Å². The summed E-state index contributed by atoms with van der Waals surface area (Å²) in [6.07, 6.45) is 0.971. The van der Waals surface area contributed by atoms with E-state index in [4.69, 9.17) is 5.73 Å². The third-order valence-electron chi connectivity index (χ3n) is 2.31. The van der Waals surface area contributed by atoms with Crippen molar-refractivity contribution in [2.24, 2.45) is 5.73 Å². The fraction of sp³-hybridized carbons (Fsp3) is 0.727. The van der Waals surface area contributed by atoms with Gasteiger partial charge in [-0.25, -0.2) is 0 Å². The number of halogens is 1. The van der Waals surface area contributed by atoms with Gasteiger partial charge in [-0.05, 0) is 36.2 Å². The summed E-state index contributed by atoms with van der Waals surface area (Å²) in [5.41, 5.74) is 8.18. The van der Waals surface area contributed by atoms with Gasteiger partial charge >= 0.3 is 0 Å². The molecule has 1 rings (SSSR count). The van der Waals surface area contributed by atoms with Crippen LogP contribution in [0.1, 0.15) is 32.2 Å². The summed E-state index contributed by atoms with van der Waals surface area (Å²) in [7, 11) is 0. The quantitative estimate of drug-likeness (QED) is 0.879. The average molecular weight is 306 g/mol. The zero-order valence-electron chi connectivity index (χ0n) is 10.2. The Bertz CT molecular complexity index is 336. The van der Waals surface area contributed by atoms with E-state index < -0.39 is 0 Å². The maximum absolute atomic E-state index is 5.74. The number of hydrogen-bond acceptors (Lipinski definition) is 3. The zero-order valence-corrected chi connectivity index (χ0v) is 12.6. The number of thioether (sulfide) groups is 1. The lowest BCUT2D eigenvalue weighted by atomic mass is 10.3. The van der Waals surface area contributed by atoms with Crippen LogP contribution in [0.4, 0.5) is 0 Å². The van der Waals surface area contributed by atoms with E-state index in [-0.39, 0.29) is 6.04 Å². The first-order valence-corrected chi connectivity index (χ1v) is 7.62. The van der Waals surface area contributed by atoms with Crippen LogP contribution < -0.4 is 5.73 Å². The Kier molecular flexibility index (Phi) is 5.86. The summed E-state index contributed by atoms with van der Waals surface area (Å²) in [4.78, 5) is 0. The molecular weight excluding hydrogens is 286 g/mol. The van der Waals surface area contributed by atoms with Gasteiger partial charge in [0.25, 0.3) is 0 Å². The molecule has 0 radical (unpaired) electrons. The van der Waals surface area contributed by atoms with Gasteiger partial charge in [0.05, 0.1) is 15.9 Å². The number of nitrogens with two attached hydrogens (primary N) is 1. The molecule has 0 amide bonds. The van der Waals surface area contributed by atoms with Gasteiger partial charge in [-0.2, -0.15) is 16.9 Å². The molecule has 2 N–H and O–H groups in total. The van der Waals surface area contributed by atoms with Crippen LogP contribution >= 0.6 is 27.7 Å². The Hall–Kier alpha value is -0.0000000000000000555.